The molecule has 31 heavy (non-hydrogen) atoms. The number of hydrogen-bond donors (Lipinski definition) is 2. The Balaban J connectivity index is 1.58. The summed E-state index contributed by atoms with van der Waals surface area (Å²) in [6, 6.07) is 5.43. The van der Waals surface area contributed by atoms with Crippen molar-refractivity contribution in [1.82, 2.24) is 10.2 Å². The van der Waals surface area contributed by atoms with Crippen LogP contribution in [-0.2, 0) is 9.59 Å². The Bertz CT molecular complexity index is 799. The zero-order valence-corrected chi connectivity index (χ0v) is 19.2. The highest BCUT2D eigenvalue weighted by atomic mass is 16.2. The summed E-state index contributed by atoms with van der Waals surface area (Å²) in [6.07, 6.45) is 7.02. The number of hydrogen-bond acceptors (Lipinski definition) is 3. The van der Waals surface area contributed by atoms with E-state index in [1.807, 2.05) is 17.9 Å². The third-order valence-electron chi connectivity index (χ3n) is 6.60. The van der Waals surface area contributed by atoms with E-state index < -0.39 is 0 Å². The molecule has 1 heterocycles. The number of amides is 3. The minimum absolute atomic E-state index is 0.0154. The van der Waals surface area contributed by atoms with Crippen LogP contribution in [0.25, 0.3) is 0 Å². The summed E-state index contributed by atoms with van der Waals surface area (Å²) < 4.78 is 0. The highest BCUT2D eigenvalue weighted by molar-refractivity contribution is 5.98. The van der Waals surface area contributed by atoms with Crippen molar-refractivity contribution in [3.63, 3.8) is 0 Å². The molecule has 2 N–H and O–H groups in total. The number of nitrogens with one attached hydrogen (secondary N) is 2. The first-order valence-electron chi connectivity index (χ1n) is 11.8. The molecule has 1 aliphatic carbocycles. The molecule has 1 aliphatic heterocycles. The normalized spacial score (nSPS) is 20.1. The number of carbonyl (C=O) groups excluding carboxylic acids is 3. The highest BCUT2D eigenvalue weighted by Crippen LogP contribution is 2.27. The zero-order valence-electron chi connectivity index (χ0n) is 19.2. The van der Waals surface area contributed by atoms with Crippen LogP contribution in [0.3, 0.4) is 0 Å². The van der Waals surface area contributed by atoms with Gasteiger partial charge in [-0.05, 0) is 62.6 Å². The zero-order chi connectivity index (χ0) is 22.4. The lowest BCUT2D eigenvalue weighted by Gasteiger charge is -2.22. The van der Waals surface area contributed by atoms with Crippen molar-refractivity contribution in [2.75, 3.05) is 18.4 Å². The standard InChI is InChI=1S/C25H37N3O3/c1-17(2)12-14-28-15-13-21(10-11-23(28)29)26-25(31)20-9-8-18(3)22(16-20)27-24(30)19-6-4-5-7-19/h8-9,16-17,19,21H,4-7,10-15H2,1-3H3,(H,26,31)(H,27,30). The van der Waals surface area contributed by atoms with E-state index in [-0.39, 0.29) is 29.7 Å². The number of aryl methyl sites for hydroxylation is 1. The van der Waals surface area contributed by atoms with Crippen molar-refractivity contribution in [1.29, 1.82) is 0 Å². The molecule has 2 fully saturated rings. The van der Waals surface area contributed by atoms with E-state index in [1.165, 1.54) is 0 Å². The largest absolute Gasteiger partial charge is 0.349 e. The van der Waals surface area contributed by atoms with Gasteiger partial charge in [-0.3, -0.25) is 14.4 Å². The van der Waals surface area contributed by atoms with Crippen LogP contribution in [0, 0.1) is 18.8 Å². The molecule has 1 atom stereocenters. The topological polar surface area (TPSA) is 78.5 Å². The second-order valence-electron chi connectivity index (χ2n) is 9.56. The molecule has 3 amide bonds. The van der Waals surface area contributed by atoms with Gasteiger partial charge in [0.15, 0.2) is 0 Å². The van der Waals surface area contributed by atoms with E-state index in [9.17, 15) is 14.4 Å². The van der Waals surface area contributed by atoms with Gasteiger partial charge in [-0.1, -0.05) is 32.8 Å². The first-order chi connectivity index (χ1) is 14.8. The maximum absolute atomic E-state index is 12.9. The second kappa shape index (κ2) is 10.8. The van der Waals surface area contributed by atoms with E-state index >= 15 is 0 Å². The number of rotatable bonds is 7. The van der Waals surface area contributed by atoms with Gasteiger partial charge in [0.1, 0.15) is 0 Å². The first-order valence-corrected chi connectivity index (χ1v) is 11.8. The van der Waals surface area contributed by atoms with Crippen LogP contribution in [0.15, 0.2) is 18.2 Å². The van der Waals surface area contributed by atoms with Gasteiger partial charge in [0, 0.05) is 42.7 Å². The fourth-order valence-electron chi connectivity index (χ4n) is 4.42. The van der Waals surface area contributed by atoms with Gasteiger partial charge in [-0.25, -0.2) is 0 Å². The average Bonchev–Trinajstić information content (AvgIpc) is 3.22. The van der Waals surface area contributed by atoms with Crippen LogP contribution < -0.4 is 10.6 Å². The molecule has 1 aromatic carbocycles. The summed E-state index contributed by atoms with van der Waals surface area (Å²) in [7, 11) is 0. The molecule has 6 nitrogen and oxygen atoms in total. The van der Waals surface area contributed by atoms with Crippen molar-refractivity contribution in [2.45, 2.75) is 78.2 Å². The first kappa shape index (κ1) is 23.3. The number of nitrogens with zero attached hydrogens (tertiary/aromatic N) is 1. The van der Waals surface area contributed by atoms with Crippen LogP contribution >= 0.6 is 0 Å². The van der Waals surface area contributed by atoms with Gasteiger partial charge in [0.05, 0.1) is 0 Å². The molecule has 6 heteroatoms. The summed E-state index contributed by atoms with van der Waals surface area (Å²) in [5.74, 6) is 0.742. The maximum atomic E-state index is 12.9. The monoisotopic (exact) mass is 427 g/mol. The minimum Gasteiger partial charge on any atom is -0.349 e. The lowest BCUT2D eigenvalue weighted by molar-refractivity contribution is -0.130. The molecular formula is C25H37N3O3. The molecule has 2 aliphatic rings. The number of benzene rings is 1. The predicted molar refractivity (Wildman–Crippen MR) is 123 cm³/mol. The van der Waals surface area contributed by atoms with Gasteiger partial charge in [0.2, 0.25) is 11.8 Å². The van der Waals surface area contributed by atoms with Gasteiger partial charge in [-0.15, -0.1) is 0 Å². The summed E-state index contributed by atoms with van der Waals surface area (Å²) >= 11 is 0. The Hall–Kier alpha value is -2.37. The minimum atomic E-state index is -0.149. The third-order valence-corrected chi connectivity index (χ3v) is 6.60. The lowest BCUT2D eigenvalue weighted by atomic mass is 10.0. The lowest BCUT2D eigenvalue weighted by Crippen LogP contribution is -2.36. The quantitative estimate of drug-likeness (QED) is 0.682. The van der Waals surface area contributed by atoms with E-state index in [2.05, 4.69) is 24.5 Å². The van der Waals surface area contributed by atoms with Gasteiger partial charge < -0.3 is 15.5 Å². The van der Waals surface area contributed by atoms with Gasteiger partial charge in [0.25, 0.3) is 5.91 Å². The summed E-state index contributed by atoms with van der Waals surface area (Å²) in [5, 5.41) is 6.13. The van der Waals surface area contributed by atoms with Gasteiger partial charge >= 0.3 is 0 Å². The Morgan fingerprint density at radius 3 is 2.58 bits per heavy atom. The van der Waals surface area contributed by atoms with E-state index in [0.717, 1.165) is 50.6 Å². The van der Waals surface area contributed by atoms with Crippen molar-refractivity contribution in [2.24, 2.45) is 11.8 Å². The number of carbonyl (C=O) groups is 3. The highest BCUT2D eigenvalue weighted by Gasteiger charge is 2.25. The Kier molecular flexibility index (Phi) is 8.10. The van der Waals surface area contributed by atoms with Crippen molar-refractivity contribution in [3.8, 4) is 0 Å². The van der Waals surface area contributed by atoms with Crippen molar-refractivity contribution < 1.29 is 14.4 Å². The number of likely N-dealkylation sites (tertiary alicyclic amines) is 1. The third kappa shape index (κ3) is 6.55. The predicted octanol–water partition coefficient (Wildman–Crippen LogP) is 4.28. The molecule has 1 saturated carbocycles. The molecular weight excluding hydrogens is 390 g/mol. The van der Waals surface area contributed by atoms with Crippen molar-refractivity contribution >= 4 is 23.4 Å². The molecule has 0 radical (unpaired) electrons. The maximum Gasteiger partial charge on any atom is 0.251 e. The Morgan fingerprint density at radius 2 is 1.87 bits per heavy atom. The number of anilines is 1. The van der Waals surface area contributed by atoms with E-state index in [1.54, 1.807) is 12.1 Å². The SMILES string of the molecule is Cc1ccc(C(=O)NC2CCC(=O)N(CCC(C)C)CC2)cc1NC(=O)C1CCCC1. The van der Waals surface area contributed by atoms with Crippen LogP contribution in [0.4, 0.5) is 5.69 Å². The van der Waals surface area contributed by atoms with Crippen LogP contribution in [-0.4, -0.2) is 41.8 Å². The average molecular weight is 428 g/mol. The summed E-state index contributed by atoms with van der Waals surface area (Å²) in [6.45, 7) is 7.75. The van der Waals surface area contributed by atoms with Crippen molar-refractivity contribution in [3.05, 3.63) is 29.3 Å². The Labute approximate surface area is 186 Å². The molecule has 1 aromatic rings. The fraction of sp³-hybridized carbons (Fsp3) is 0.640. The molecule has 0 bridgehead atoms. The van der Waals surface area contributed by atoms with Crippen LogP contribution in [0.1, 0.15) is 81.1 Å². The van der Waals surface area contributed by atoms with Crippen LogP contribution in [0.2, 0.25) is 0 Å². The molecule has 170 valence electrons. The molecule has 0 aromatic heterocycles. The second-order valence-corrected chi connectivity index (χ2v) is 9.56. The van der Waals surface area contributed by atoms with E-state index in [0.29, 0.717) is 36.6 Å². The molecule has 0 spiro atoms. The molecule has 3 rings (SSSR count). The Morgan fingerprint density at radius 1 is 1.13 bits per heavy atom. The van der Waals surface area contributed by atoms with Gasteiger partial charge in [-0.2, -0.15) is 0 Å². The van der Waals surface area contributed by atoms with Crippen LogP contribution in [0.5, 0.6) is 0 Å². The molecule has 1 saturated heterocycles. The summed E-state index contributed by atoms with van der Waals surface area (Å²) in [4.78, 5) is 39.7. The smallest absolute Gasteiger partial charge is 0.251 e. The van der Waals surface area contributed by atoms with E-state index in [4.69, 9.17) is 0 Å². The fourth-order valence-corrected chi connectivity index (χ4v) is 4.42. The summed E-state index contributed by atoms with van der Waals surface area (Å²) in [5.41, 5.74) is 2.20. The molecule has 1 unspecified atom stereocenters.